The second-order valence-electron chi connectivity index (χ2n) is 5.45. The normalized spacial score (nSPS) is 33.3. The summed E-state index contributed by atoms with van der Waals surface area (Å²) in [5.41, 5.74) is 5.89. The maximum Gasteiger partial charge on any atom is 0.224 e. The van der Waals surface area contributed by atoms with Crippen molar-refractivity contribution in [3.8, 4) is 0 Å². The smallest absolute Gasteiger partial charge is 0.224 e. The van der Waals surface area contributed by atoms with Gasteiger partial charge in [-0.3, -0.25) is 4.79 Å². The topological polar surface area (TPSA) is 55.6 Å². The molecule has 1 heterocycles. The third-order valence-electron chi connectivity index (χ3n) is 3.62. The summed E-state index contributed by atoms with van der Waals surface area (Å²) in [7, 11) is 0. The molecular weight excluding hydrogens is 204 g/mol. The standard InChI is InChI=1S/C12H22N2O2/c1-9-7-14(8-10(2)16-9)11(15)6-12(13)4-3-5-12/h9-10H,3-8,13H2,1-2H3/t9-,10+. The summed E-state index contributed by atoms with van der Waals surface area (Å²) < 4.78 is 5.61. The zero-order valence-electron chi connectivity index (χ0n) is 10.2. The molecule has 2 rings (SSSR count). The van der Waals surface area contributed by atoms with Gasteiger partial charge in [-0.15, -0.1) is 0 Å². The van der Waals surface area contributed by atoms with Crippen LogP contribution in [0.2, 0.25) is 0 Å². The molecule has 1 aliphatic heterocycles. The molecule has 2 N–H and O–H groups in total. The first-order valence-corrected chi connectivity index (χ1v) is 6.21. The van der Waals surface area contributed by atoms with Crippen LogP contribution < -0.4 is 5.73 Å². The van der Waals surface area contributed by atoms with Gasteiger partial charge < -0.3 is 15.4 Å². The number of morpholine rings is 1. The number of carbonyl (C=O) groups excluding carboxylic acids is 1. The van der Waals surface area contributed by atoms with E-state index >= 15 is 0 Å². The largest absolute Gasteiger partial charge is 0.372 e. The fourth-order valence-electron chi connectivity index (χ4n) is 2.60. The Morgan fingerprint density at radius 1 is 1.38 bits per heavy atom. The van der Waals surface area contributed by atoms with Crippen molar-refractivity contribution in [1.29, 1.82) is 0 Å². The predicted molar refractivity (Wildman–Crippen MR) is 62.0 cm³/mol. The lowest BCUT2D eigenvalue weighted by Crippen LogP contribution is -2.54. The highest BCUT2D eigenvalue weighted by molar-refractivity contribution is 5.77. The van der Waals surface area contributed by atoms with Crippen LogP contribution >= 0.6 is 0 Å². The van der Waals surface area contributed by atoms with Crippen molar-refractivity contribution in [3.63, 3.8) is 0 Å². The Balaban J connectivity index is 1.88. The van der Waals surface area contributed by atoms with Crippen LogP contribution in [0, 0.1) is 0 Å². The maximum absolute atomic E-state index is 12.1. The first-order chi connectivity index (χ1) is 7.48. The van der Waals surface area contributed by atoms with Gasteiger partial charge in [0, 0.05) is 25.0 Å². The number of hydrogen-bond donors (Lipinski definition) is 1. The van der Waals surface area contributed by atoms with Gasteiger partial charge in [0.2, 0.25) is 5.91 Å². The van der Waals surface area contributed by atoms with E-state index in [-0.39, 0.29) is 23.7 Å². The van der Waals surface area contributed by atoms with Crippen molar-refractivity contribution in [1.82, 2.24) is 4.90 Å². The number of carbonyl (C=O) groups is 1. The molecule has 0 spiro atoms. The van der Waals surface area contributed by atoms with Crippen molar-refractivity contribution in [2.75, 3.05) is 13.1 Å². The van der Waals surface area contributed by atoms with E-state index < -0.39 is 0 Å². The molecule has 0 bridgehead atoms. The van der Waals surface area contributed by atoms with E-state index in [2.05, 4.69) is 0 Å². The van der Waals surface area contributed by atoms with Gasteiger partial charge in [0.1, 0.15) is 0 Å². The molecule has 16 heavy (non-hydrogen) atoms. The molecule has 0 radical (unpaired) electrons. The lowest BCUT2D eigenvalue weighted by atomic mass is 9.75. The monoisotopic (exact) mass is 226 g/mol. The molecule has 0 aromatic heterocycles. The van der Waals surface area contributed by atoms with E-state index in [1.54, 1.807) is 0 Å². The van der Waals surface area contributed by atoms with Gasteiger partial charge in [-0.25, -0.2) is 0 Å². The summed E-state index contributed by atoms with van der Waals surface area (Å²) in [6.45, 7) is 5.44. The van der Waals surface area contributed by atoms with Gasteiger partial charge in [0.25, 0.3) is 0 Å². The second kappa shape index (κ2) is 4.34. The third-order valence-corrected chi connectivity index (χ3v) is 3.62. The van der Waals surface area contributed by atoms with E-state index in [1.165, 1.54) is 6.42 Å². The van der Waals surface area contributed by atoms with Gasteiger partial charge in [-0.2, -0.15) is 0 Å². The second-order valence-corrected chi connectivity index (χ2v) is 5.45. The Morgan fingerprint density at radius 3 is 2.38 bits per heavy atom. The minimum Gasteiger partial charge on any atom is -0.372 e. The summed E-state index contributed by atoms with van der Waals surface area (Å²) in [4.78, 5) is 14.0. The first-order valence-electron chi connectivity index (χ1n) is 6.21. The Morgan fingerprint density at radius 2 is 1.94 bits per heavy atom. The number of amides is 1. The molecule has 0 aromatic carbocycles. The number of hydrogen-bond acceptors (Lipinski definition) is 3. The van der Waals surface area contributed by atoms with Gasteiger partial charge in [-0.1, -0.05) is 0 Å². The van der Waals surface area contributed by atoms with Crippen molar-refractivity contribution in [2.45, 2.75) is 57.3 Å². The highest BCUT2D eigenvalue weighted by Gasteiger charge is 2.37. The van der Waals surface area contributed by atoms with Crippen LogP contribution in [-0.4, -0.2) is 41.6 Å². The molecule has 4 nitrogen and oxygen atoms in total. The van der Waals surface area contributed by atoms with E-state index in [0.717, 1.165) is 12.8 Å². The van der Waals surface area contributed by atoms with Gasteiger partial charge in [0.05, 0.1) is 12.2 Å². The van der Waals surface area contributed by atoms with E-state index in [4.69, 9.17) is 10.5 Å². The predicted octanol–water partition coefficient (Wildman–Crippen LogP) is 0.894. The minimum atomic E-state index is -0.206. The van der Waals surface area contributed by atoms with Crippen molar-refractivity contribution in [2.24, 2.45) is 5.73 Å². The summed E-state index contributed by atoms with van der Waals surface area (Å²) in [5, 5.41) is 0. The van der Waals surface area contributed by atoms with Crippen LogP contribution in [0.25, 0.3) is 0 Å². The van der Waals surface area contributed by atoms with Crippen LogP contribution in [0.15, 0.2) is 0 Å². The fraction of sp³-hybridized carbons (Fsp3) is 0.917. The van der Waals surface area contributed by atoms with Gasteiger partial charge >= 0.3 is 0 Å². The minimum absolute atomic E-state index is 0.141. The van der Waals surface area contributed by atoms with Crippen molar-refractivity contribution in [3.05, 3.63) is 0 Å². The molecule has 1 saturated heterocycles. The summed E-state index contributed by atoms with van der Waals surface area (Å²) >= 11 is 0. The van der Waals surface area contributed by atoms with Crippen molar-refractivity contribution < 1.29 is 9.53 Å². The lowest BCUT2D eigenvalue weighted by Gasteiger charge is -2.41. The van der Waals surface area contributed by atoms with Crippen LogP contribution in [0.5, 0.6) is 0 Å². The molecule has 2 fully saturated rings. The highest BCUT2D eigenvalue weighted by Crippen LogP contribution is 2.32. The molecule has 2 aliphatic rings. The van der Waals surface area contributed by atoms with E-state index in [1.807, 2.05) is 18.7 Å². The third kappa shape index (κ3) is 2.55. The summed E-state index contributed by atoms with van der Waals surface area (Å²) in [5.74, 6) is 0.198. The maximum atomic E-state index is 12.1. The molecule has 1 amide bonds. The molecule has 1 saturated carbocycles. The zero-order chi connectivity index (χ0) is 11.8. The van der Waals surface area contributed by atoms with Crippen LogP contribution in [-0.2, 0) is 9.53 Å². The first kappa shape index (κ1) is 11.9. The highest BCUT2D eigenvalue weighted by atomic mass is 16.5. The SMILES string of the molecule is C[C@@H]1CN(C(=O)CC2(N)CCC2)C[C@H](C)O1. The summed E-state index contributed by atoms with van der Waals surface area (Å²) in [6, 6.07) is 0. The Bertz CT molecular complexity index is 266. The molecule has 1 aliphatic carbocycles. The number of rotatable bonds is 2. The Kier molecular flexibility index (Phi) is 3.22. The Hall–Kier alpha value is -0.610. The molecule has 0 unspecified atom stereocenters. The average Bonchev–Trinajstić information content (AvgIpc) is 2.13. The van der Waals surface area contributed by atoms with Crippen LogP contribution in [0.1, 0.15) is 39.5 Å². The molecular formula is C12H22N2O2. The van der Waals surface area contributed by atoms with E-state index in [9.17, 15) is 4.79 Å². The molecule has 92 valence electrons. The van der Waals surface area contributed by atoms with Crippen LogP contribution in [0.4, 0.5) is 0 Å². The molecule has 0 aromatic rings. The van der Waals surface area contributed by atoms with E-state index in [0.29, 0.717) is 19.5 Å². The van der Waals surface area contributed by atoms with Crippen molar-refractivity contribution >= 4 is 5.91 Å². The quantitative estimate of drug-likeness (QED) is 0.761. The summed E-state index contributed by atoms with van der Waals surface area (Å²) in [6.07, 6.45) is 3.94. The lowest BCUT2D eigenvalue weighted by molar-refractivity contribution is -0.145. The Labute approximate surface area is 97.1 Å². The average molecular weight is 226 g/mol. The van der Waals surface area contributed by atoms with Gasteiger partial charge in [0.15, 0.2) is 0 Å². The molecule has 4 heteroatoms. The van der Waals surface area contributed by atoms with Crippen LogP contribution in [0.3, 0.4) is 0 Å². The zero-order valence-corrected chi connectivity index (χ0v) is 10.2. The number of ether oxygens (including phenoxy) is 1. The van der Waals surface area contributed by atoms with Gasteiger partial charge in [-0.05, 0) is 33.1 Å². The number of nitrogens with zero attached hydrogens (tertiary/aromatic N) is 1. The fourth-order valence-corrected chi connectivity index (χ4v) is 2.60. The molecule has 2 atom stereocenters. The number of nitrogens with two attached hydrogens (primary N) is 1.